The lowest BCUT2D eigenvalue weighted by molar-refractivity contribution is -0.135. The third-order valence-corrected chi connectivity index (χ3v) is 3.20. The van der Waals surface area contributed by atoms with Crippen molar-refractivity contribution >= 4 is 5.78 Å². The van der Waals surface area contributed by atoms with E-state index in [1.54, 1.807) is 0 Å². The normalized spacial score (nSPS) is 34.2. The third kappa shape index (κ3) is 2.09. The zero-order valence-corrected chi connectivity index (χ0v) is 8.47. The van der Waals surface area contributed by atoms with Crippen LogP contribution in [-0.4, -0.2) is 5.78 Å². The molecule has 13 heavy (non-hydrogen) atoms. The van der Waals surface area contributed by atoms with Crippen LogP contribution in [0.2, 0.25) is 0 Å². The fourth-order valence-corrected chi connectivity index (χ4v) is 2.23. The molecule has 0 amide bonds. The van der Waals surface area contributed by atoms with Crippen LogP contribution in [-0.2, 0) is 4.79 Å². The fourth-order valence-electron chi connectivity index (χ4n) is 2.23. The topological polar surface area (TPSA) is 40.9 Å². The maximum atomic E-state index is 11.8. The third-order valence-electron chi connectivity index (χ3n) is 3.20. The van der Waals surface area contributed by atoms with E-state index >= 15 is 0 Å². The van der Waals surface area contributed by atoms with Crippen molar-refractivity contribution in [2.45, 2.75) is 46.0 Å². The van der Waals surface area contributed by atoms with Crippen LogP contribution in [0.5, 0.6) is 0 Å². The van der Waals surface area contributed by atoms with Crippen molar-refractivity contribution in [3.63, 3.8) is 0 Å². The molecular weight excluding hydrogens is 162 g/mol. The van der Waals surface area contributed by atoms with Gasteiger partial charge in [0.15, 0.2) is 0 Å². The Morgan fingerprint density at radius 3 is 3.00 bits per heavy atom. The monoisotopic (exact) mass is 179 g/mol. The smallest absolute Gasteiger partial charge is 0.141 e. The minimum Gasteiger partial charge on any atom is -0.299 e. The molecule has 2 heteroatoms. The van der Waals surface area contributed by atoms with Crippen LogP contribution in [0.4, 0.5) is 0 Å². The standard InChI is InChI=1S/C11H17NO/c1-9-5-3-6-11(2,10(9)13)7-4-8-12/h9H,3-7H2,1-2H3/t9-,11-/m0/s1. The Labute approximate surface area is 79.9 Å². The second kappa shape index (κ2) is 3.91. The number of nitrogens with zero attached hydrogens (tertiary/aromatic N) is 1. The highest BCUT2D eigenvalue weighted by Gasteiger charge is 2.38. The Balaban J connectivity index is 2.65. The predicted molar refractivity (Wildman–Crippen MR) is 51.0 cm³/mol. The van der Waals surface area contributed by atoms with E-state index < -0.39 is 0 Å². The van der Waals surface area contributed by atoms with Gasteiger partial charge in [0, 0.05) is 17.8 Å². The van der Waals surface area contributed by atoms with Gasteiger partial charge in [-0.2, -0.15) is 5.26 Å². The van der Waals surface area contributed by atoms with E-state index in [9.17, 15) is 4.79 Å². The quantitative estimate of drug-likeness (QED) is 0.654. The van der Waals surface area contributed by atoms with E-state index in [0.29, 0.717) is 12.2 Å². The van der Waals surface area contributed by atoms with Crippen molar-refractivity contribution in [2.24, 2.45) is 11.3 Å². The first-order chi connectivity index (χ1) is 6.10. The molecular formula is C11H17NO. The predicted octanol–water partition coefficient (Wildman–Crippen LogP) is 2.69. The van der Waals surface area contributed by atoms with Crippen LogP contribution in [0.1, 0.15) is 46.0 Å². The number of nitriles is 1. The van der Waals surface area contributed by atoms with Gasteiger partial charge in [0.1, 0.15) is 5.78 Å². The van der Waals surface area contributed by atoms with Crippen molar-refractivity contribution in [1.82, 2.24) is 0 Å². The molecule has 0 bridgehead atoms. The second-order valence-electron chi connectivity index (χ2n) is 4.38. The molecule has 0 aromatic carbocycles. The van der Waals surface area contributed by atoms with Gasteiger partial charge in [-0.05, 0) is 19.3 Å². The molecule has 0 saturated heterocycles. The molecule has 72 valence electrons. The molecule has 1 aliphatic rings. The summed E-state index contributed by atoms with van der Waals surface area (Å²) in [6.07, 6.45) is 4.38. The van der Waals surface area contributed by atoms with Crippen LogP contribution in [0.25, 0.3) is 0 Å². The van der Waals surface area contributed by atoms with Crippen LogP contribution >= 0.6 is 0 Å². The highest BCUT2D eigenvalue weighted by Crippen LogP contribution is 2.39. The highest BCUT2D eigenvalue weighted by atomic mass is 16.1. The van der Waals surface area contributed by atoms with Gasteiger partial charge in [0.2, 0.25) is 0 Å². The lowest BCUT2D eigenvalue weighted by Gasteiger charge is -2.34. The molecule has 0 aromatic rings. The molecule has 1 rings (SSSR count). The first-order valence-corrected chi connectivity index (χ1v) is 5.01. The number of hydrogen-bond donors (Lipinski definition) is 0. The molecule has 0 heterocycles. The largest absolute Gasteiger partial charge is 0.299 e. The molecule has 0 aromatic heterocycles. The summed E-state index contributed by atoms with van der Waals surface area (Å²) in [5.41, 5.74) is -0.201. The van der Waals surface area contributed by atoms with E-state index in [1.807, 2.05) is 13.8 Å². The van der Waals surface area contributed by atoms with Crippen LogP contribution in [0.15, 0.2) is 0 Å². The van der Waals surface area contributed by atoms with E-state index in [-0.39, 0.29) is 11.3 Å². The number of carbonyl (C=O) groups is 1. The van der Waals surface area contributed by atoms with Crippen LogP contribution in [0.3, 0.4) is 0 Å². The minimum atomic E-state index is -0.201. The van der Waals surface area contributed by atoms with Crippen molar-refractivity contribution in [1.29, 1.82) is 5.26 Å². The lowest BCUT2D eigenvalue weighted by Crippen LogP contribution is -2.36. The summed E-state index contributed by atoms with van der Waals surface area (Å²) in [5.74, 6) is 0.575. The summed E-state index contributed by atoms with van der Waals surface area (Å²) >= 11 is 0. The summed E-state index contributed by atoms with van der Waals surface area (Å²) < 4.78 is 0. The molecule has 1 fully saturated rings. The van der Waals surface area contributed by atoms with Crippen LogP contribution < -0.4 is 0 Å². The van der Waals surface area contributed by atoms with Gasteiger partial charge in [-0.25, -0.2) is 0 Å². The SMILES string of the molecule is C[C@H]1CCC[C@@](C)(CCC#N)C1=O. The zero-order chi connectivity index (χ0) is 9.90. The Bertz CT molecular complexity index is 241. The molecule has 0 N–H and O–H groups in total. The maximum absolute atomic E-state index is 11.8. The van der Waals surface area contributed by atoms with Crippen LogP contribution in [0, 0.1) is 22.7 Å². The average molecular weight is 179 g/mol. The summed E-state index contributed by atoms with van der Waals surface area (Å²) in [6, 6.07) is 2.12. The van der Waals surface area contributed by atoms with Gasteiger partial charge in [-0.3, -0.25) is 4.79 Å². The number of hydrogen-bond acceptors (Lipinski definition) is 2. The molecule has 2 atom stereocenters. The molecule has 0 spiro atoms. The Kier molecular flexibility index (Phi) is 3.08. The first kappa shape index (κ1) is 10.2. The Morgan fingerprint density at radius 1 is 1.69 bits per heavy atom. The Morgan fingerprint density at radius 2 is 2.38 bits per heavy atom. The van der Waals surface area contributed by atoms with Gasteiger partial charge in [0.25, 0.3) is 0 Å². The van der Waals surface area contributed by atoms with Gasteiger partial charge < -0.3 is 0 Å². The van der Waals surface area contributed by atoms with Gasteiger partial charge >= 0.3 is 0 Å². The van der Waals surface area contributed by atoms with Gasteiger partial charge in [-0.15, -0.1) is 0 Å². The molecule has 1 aliphatic carbocycles. The highest BCUT2D eigenvalue weighted by molar-refractivity contribution is 5.87. The van der Waals surface area contributed by atoms with E-state index in [2.05, 4.69) is 6.07 Å². The number of Topliss-reactive ketones (excluding diaryl/α,β-unsaturated/α-hetero) is 1. The molecule has 0 radical (unpaired) electrons. The van der Waals surface area contributed by atoms with E-state index in [0.717, 1.165) is 25.7 Å². The van der Waals surface area contributed by atoms with E-state index in [4.69, 9.17) is 5.26 Å². The van der Waals surface area contributed by atoms with Crippen molar-refractivity contribution in [3.05, 3.63) is 0 Å². The first-order valence-electron chi connectivity index (χ1n) is 5.01. The summed E-state index contributed by atoms with van der Waals surface area (Å²) in [6.45, 7) is 4.02. The summed E-state index contributed by atoms with van der Waals surface area (Å²) in [5, 5.41) is 8.50. The zero-order valence-electron chi connectivity index (χ0n) is 8.47. The van der Waals surface area contributed by atoms with E-state index in [1.165, 1.54) is 0 Å². The summed E-state index contributed by atoms with van der Waals surface area (Å²) in [4.78, 5) is 11.8. The van der Waals surface area contributed by atoms with Crippen molar-refractivity contribution in [3.8, 4) is 6.07 Å². The Hall–Kier alpha value is -0.840. The molecule has 0 aliphatic heterocycles. The average Bonchev–Trinajstić information content (AvgIpc) is 2.11. The van der Waals surface area contributed by atoms with Gasteiger partial charge in [-0.1, -0.05) is 20.3 Å². The lowest BCUT2D eigenvalue weighted by atomic mass is 9.68. The van der Waals surface area contributed by atoms with Crippen molar-refractivity contribution < 1.29 is 4.79 Å². The maximum Gasteiger partial charge on any atom is 0.141 e. The summed E-state index contributed by atoms with van der Waals surface area (Å²) in [7, 11) is 0. The molecule has 0 unspecified atom stereocenters. The van der Waals surface area contributed by atoms with Crippen molar-refractivity contribution in [2.75, 3.05) is 0 Å². The number of ketones is 1. The number of carbonyl (C=O) groups excluding carboxylic acids is 1. The van der Waals surface area contributed by atoms with Gasteiger partial charge in [0.05, 0.1) is 6.07 Å². The second-order valence-corrected chi connectivity index (χ2v) is 4.38. The minimum absolute atomic E-state index is 0.201. The molecule has 1 saturated carbocycles. The number of rotatable bonds is 2. The molecule has 2 nitrogen and oxygen atoms in total. The fraction of sp³-hybridized carbons (Fsp3) is 0.818.